The predicted octanol–water partition coefficient (Wildman–Crippen LogP) is 3.86. The van der Waals surface area contributed by atoms with E-state index >= 15 is 0 Å². The Morgan fingerprint density at radius 3 is 2.54 bits per heavy atom. The van der Waals surface area contributed by atoms with Crippen molar-refractivity contribution >= 4 is 23.1 Å². The Morgan fingerprint density at radius 1 is 1.07 bits per heavy atom. The van der Waals surface area contributed by atoms with Crippen LogP contribution in [0.3, 0.4) is 0 Å². The number of fused-ring (bicyclic) bond motifs is 2. The summed E-state index contributed by atoms with van der Waals surface area (Å²) in [6.45, 7) is 9.79. The van der Waals surface area contributed by atoms with Gasteiger partial charge in [-0.2, -0.15) is 0 Å². The molecule has 0 unspecified atom stereocenters. The largest absolute Gasteiger partial charge is 0.454 e. The van der Waals surface area contributed by atoms with Gasteiger partial charge < -0.3 is 15.0 Å². The van der Waals surface area contributed by atoms with E-state index in [1.54, 1.807) is 0 Å². The molecule has 0 aliphatic carbocycles. The van der Waals surface area contributed by atoms with E-state index < -0.39 is 0 Å². The van der Waals surface area contributed by atoms with Gasteiger partial charge in [0.1, 0.15) is 17.3 Å². The van der Waals surface area contributed by atoms with Crippen LogP contribution in [0.5, 0.6) is 11.5 Å². The van der Waals surface area contributed by atoms with Gasteiger partial charge in [0.25, 0.3) is 0 Å². The first kappa shape index (κ1) is 18.5. The highest BCUT2D eigenvalue weighted by atomic mass is 16.5. The van der Waals surface area contributed by atoms with Crippen LogP contribution in [0.2, 0.25) is 0 Å². The number of benzene rings is 2. The lowest BCUT2D eigenvalue weighted by Crippen LogP contribution is -2.50. The van der Waals surface area contributed by atoms with Crippen LogP contribution in [0.25, 0.3) is 0 Å². The van der Waals surface area contributed by atoms with Crippen molar-refractivity contribution in [3.8, 4) is 11.5 Å². The molecular weight excluding hydrogens is 352 g/mol. The van der Waals surface area contributed by atoms with Crippen molar-refractivity contribution in [3.63, 3.8) is 0 Å². The molecule has 6 nitrogen and oxygen atoms in total. The summed E-state index contributed by atoms with van der Waals surface area (Å²) in [6.07, 6.45) is 0. The highest BCUT2D eigenvalue weighted by Gasteiger charge is 2.27. The highest BCUT2D eigenvalue weighted by Crippen LogP contribution is 2.39. The van der Waals surface area contributed by atoms with Gasteiger partial charge in [-0.05, 0) is 44.2 Å². The smallest absolute Gasteiger partial charge is 0.221 e. The first-order chi connectivity index (χ1) is 13.5. The van der Waals surface area contributed by atoms with E-state index in [2.05, 4.69) is 29.0 Å². The fraction of sp³-hybridized carbons (Fsp3) is 0.364. The number of amidine groups is 1. The maximum Gasteiger partial charge on any atom is 0.221 e. The molecule has 0 atom stereocenters. The maximum atomic E-state index is 11.5. The number of rotatable bonds is 2. The zero-order valence-corrected chi connectivity index (χ0v) is 16.6. The van der Waals surface area contributed by atoms with E-state index in [-0.39, 0.29) is 5.91 Å². The van der Waals surface area contributed by atoms with Gasteiger partial charge in [-0.25, -0.2) is 4.99 Å². The summed E-state index contributed by atoms with van der Waals surface area (Å²) in [5.41, 5.74) is 2.47. The Balaban J connectivity index is 1.74. The van der Waals surface area contributed by atoms with E-state index in [9.17, 15) is 4.79 Å². The molecule has 1 fully saturated rings. The number of hydrogen-bond acceptors (Lipinski definition) is 5. The number of nitrogens with one attached hydrogen (secondary N) is 1. The number of aliphatic imine (C=N–C) groups is 1. The van der Waals surface area contributed by atoms with Gasteiger partial charge in [-0.3, -0.25) is 9.69 Å². The van der Waals surface area contributed by atoms with Crippen molar-refractivity contribution in [3.05, 3.63) is 48.0 Å². The summed E-state index contributed by atoms with van der Waals surface area (Å²) in [4.78, 5) is 21.3. The average Bonchev–Trinajstić information content (AvgIpc) is 2.84. The second-order valence-electron chi connectivity index (χ2n) is 7.51. The van der Waals surface area contributed by atoms with Gasteiger partial charge in [0, 0.05) is 44.8 Å². The molecule has 146 valence electrons. The molecule has 2 heterocycles. The molecule has 0 radical (unpaired) electrons. The van der Waals surface area contributed by atoms with Crippen molar-refractivity contribution in [2.24, 2.45) is 4.99 Å². The molecule has 2 aliphatic rings. The SMILES string of the molecule is CC(=O)Nc1ccc2c(c1)C(N1CCN(C(C)C)CC1)=Nc1ccccc1O2. The fourth-order valence-corrected chi connectivity index (χ4v) is 3.69. The molecule has 0 spiro atoms. The number of piperazine rings is 1. The van der Waals surface area contributed by atoms with Crippen molar-refractivity contribution in [2.75, 3.05) is 31.5 Å². The fourth-order valence-electron chi connectivity index (χ4n) is 3.69. The molecule has 0 aromatic heterocycles. The number of carbonyl (C=O) groups excluding carboxylic acids is 1. The lowest BCUT2D eigenvalue weighted by Gasteiger charge is -2.38. The zero-order chi connectivity index (χ0) is 19.7. The molecule has 2 aliphatic heterocycles. The first-order valence-electron chi connectivity index (χ1n) is 9.78. The summed E-state index contributed by atoms with van der Waals surface area (Å²) in [7, 11) is 0. The van der Waals surface area contributed by atoms with Crippen molar-refractivity contribution < 1.29 is 9.53 Å². The van der Waals surface area contributed by atoms with Gasteiger partial charge in [-0.15, -0.1) is 0 Å². The Labute approximate surface area is 165 Å². The van der Waals surface area contributed by atoms with Crippen LogP contribution in [-0.4, -0.2) is 53.8 Å². The molecule has 0 saturated carbocycles. The first-order valence-corrected chi connectivity index (χ1v) is 9.78. The Bertz CT molecular complexity index is 915. The van der Waals surface area contributed by atoms with Gasteiger partial charge in [0.2, 0.25) is 5.91 Å². The van der Waals surface area contributed by atoms with Gasteiger partial charge in [-0.1, -0.05) is 12.1 Å². The van der Waals surface area contributed by atoms with Crippen LogP contribution >= 0.6 is 0 Å². The van der Waals surface area contributed by atoms with E-state index in [0.29, 0.717) is 6.04 Å². The van der Waals surface area contributed by atoms with Crippen LogP contribution in [0.15, 0.2) is 47.5 Å². The van der Waals surface area contributed by atoms with Crippen LogP contribution in [0, 0.1) is 0 Å². The minimum atomic E-state index is -0.0955. The number of carbonyl (C=O) groups is 1. The highest BCUT2D eigenvalue weighted by molar-refractivity contribution is 6.05. The van der Waals surface area contributed by atoms with Crippen molar-refractivity contribution in [1.29, 1.82) is 0 Å². The third kappa shape index (κ3) is 3.73. The van der Waals surface area contributed by atoms with E-state index in [1.165, 1.54) is 6.92 Å². The number of ether oxygens (including phenoxy) is 1. The van der Waals surface area contributed by atoms with Crippen molar-refractivity contribution in [2.45, 2.75) is 26.8 Å². The van der Waals surface area contributed by atoms with Crippen molar-refractivity contribution in [1.82, 2.24) is 9.80 Å². The summed E-state index contributed by atoms with van der Waals surface area (Å²) < 4.78 is 6.18. The Hall–Kier alpha value is -2.86. The molecule has 1 amide bonds. The van der Waals surface area contributed by atoms with E-state index in [4.69, 9.17) is 9.73 Å². The Kier molecular flexibility index (Phi) is 5.05. The number of hydrogen-bond donors (Lipinski definition) is 1. The molecule has 28 heavy (non-hydrogen) atoms. The van der Waals surface area contributed by atoms with Crippen LogP contribution in [0.1, 0.15) is 26.3 Å². The number of nitrogens with zero attached hydrogens (tertiary/aromatic N) is 3. The van der Waals surface area contributed by atoms with E-state index in [0.717, 1.165) is 60.5 Å². The lowest BCUT2D eigenvalue weighted by atomic mass is 10.1. The van der Waals surface area contributed by atoms with Crippen LogP contribution in [-0.2, 0) is 4.79 Å². The molecule has 4 rings (SSSR count). The predicted molar refractivity (Wildman–Crippen MR) is 112 cm³/mol. The maximum absolute atomic E-state index is 11.5. The lowest BCUT2D eigenvalue weighted by molar-refractivity contribution is -0.114. The second kappa shape index (κ2) is 7.64. The molecule has 2 aromatic rings. The summed E-state index contributed by atoms with van der Waals surface area (Å²) >= 11 is 0. The minimum Gasteiger partial charge on any atom is -0.454 e. The number of para-hydroxylation sites is 2. The minimum absolute atomic E-state index is 0.0955. The van der Waals surface area contributed by atoms with Gasteiger partial charge >= 0.3 is 0 Å². The molecule has 1 N–H and O–H groups in total. The van der Waals surface area contributed by atoms with E-state index in [1.807, 2.05) is 42.5 Å². The average molecular weight is 378 g/mol. The standard InChI is InChI=1S/C22H26N4O2/c1-15(2)25-10-12-26(13-11-25)22-18-14-17(23-16(3)27)8-9-20(18)28-21-7-5-4-6-19(21)24-22/h4-9,14-15H,10-13H2,1-3H3,(H,23,27). The third-order valence-corrected chi connectivity index (χ3v) is 5.20. The van der Waals surface area contributed by atoms with Crippen LogP contribution < -0.4 is 10.1 Å². The quantitative estimate of drug-likeness (QED) is 0.862. The summed E-state index contributed by atoms with van der Waals surface area (Å²) in [5, 5.41) is 2.87. The molecule has 2 aromatic carbocycles. The zero-order valence-electron chi connectivity index (χ0n) is 16.6. The monoisotopic (exact) mass is 378 g/mol. The number of anilines is 1. The van der Waals surface area contributed by atoms with Crippen LogP contribution in [0.4, 0.5) is 11.4 Å². The molecule has 6 heteroatoms. The second-order valence-corrected chi connectivity index (χ2v) is 7.51. The summed E-state index contributed by atoms with van der Waals surface area (Å²) in [5.74, 6) is 2.30. The third-order valence-electron chi connectivity index (χ3n) is 5.20. The topological polar surface area (TPSA) is 57.2 Å². The normalized spacial score (nSPS) is 16.6. The Morgan fingerprint density at radius 2 is 1.82 bits per heavy atom. The molecule has 1 saturated heterocycles. The molecular formula is C22H26N4O2. The number of amides is 1. The summed E-state index contributed by atoms with van der Waals surface area (Å²) in [6, 6.07) is 14.1. The molecule has 0 bridgehead atoms. The van der Waals surface area contributed by atoms with Gasteiger partial charge in [0.05, 0.1) is 5.56 Å². The van der Waals surface area contributed by atoms with Gasteiger partial charge in [0.15, 0.2) is 5.75 Å².